The average Bonchev–Trinajstić information content (AvgIpc) is 2.37. The van der Waals surface area contributed by atoms with Crippen LogP contribution in [0.25, 0.3) is 0 Å². The number of carbonyl (C=O) groups is 1. The summed E-state index contributed by atoms with van der Waals surface area (Å²) in [6, 6.07) is 5.01. The van der Waals surface area contributed by atoms with Gasteiger partial charge in [-0.15, -0.1) is 0 Å². The van der Waals surface area contributed by atoms with Crippen molar-refractivity contribution in [2.75, 3.05) is 29.2 Å². The van der Waals surface area contributed by atoms with Crippen LogP contribution in [0.2, 0.25) is 0 Å². The van der Waals surface area contributed by atoms with Crippen LogP contribution >= 0.6 is 11.8 Å². The highest BCUT2D eigenvalue weighted by atomic mass is 32.2. The third kappa shape index (κ3) is 3.09. The topological polar surface area (TPSA) is 74.7 Å². The van der Waals surface area contributed by atoms with Gasteiger partial charge in [0.05, 0.1) is 11.3 Å². The molecule has 0 radical (unpaired) electrons. The van der Waals surface area contributed by atoms with Gasteiger partial charge < -0.3 is 10.0 Å². The van der Waals surface area contributed by atoms with Crippen molar-refractivity contribution in [3.05, 3.63) is 29.3 Å². The molecule has 2 rings (SSSR count). The summed E-state index contributed by atoms with van der Waals surface area (Å²) < 4.78 is 23.9. The molecule has 1 N–H and O–H groups in total. The molecule has 1 fully saturated rings. The van der Waals surface area contributed by atoms with E-state index in [1.54, 1.807) is 28.8 Å². The number of aryl methyl sites for hydroxylation is 1. The van der Waals surface area contributed by atoms with E-state index in [9.17, 15) is 18.3 Å². The van der Waals surface area contributed by atoms with E-state index < -0.39 is 21.2 Å². The summed E-state index contributed by atoms with van der Waals surface area (Å²) in [5.41, 5.74) is 1.56. The zero-order valence-corrected chi connectivity index (χ0v) is 13.0. The first-order valence-electron chi connectivity index (χ1n) is 6.18. The van der Waals surface area contributed by atoms with E-state index in [4.69, 9.17) is 0 Å². The maximum atomic E-state index is 11.9. The standard InChI is InChI=1S/C13H17NO4S2/c1-9-3-4-10(13(15)16)11(7-9)14-5-6-19-8-12(14)20(2,17)18/h3-4,7,12H,5-6,8H2,1-2H3,(H,15,16). The molecule has 0 aromatic heterocycles. The van der Waals surface area contributed by atoms with Gasteiger partial charge in [-0.2, -0.15) is 11.8 Å². The average molecular weight is 315 g/mol. The van der Waals surface area contributed by atoms with Crippen LogP contribution < -0.4 is 4.90 Å². The van der Waals surface area contributed by atoms with Crippen LogP contribution in [0.5, 0.6) is 0 Å². The van der Waals surface area contributed by atoms with E-state index in [2.05, 4.69) is 0 Å². The molecule has 20 heavy (non-hydrogen) atoms. The molecule has 0 spiro atoms. The SMILES string of the molecule is Cc1ccc(C(=O)O)c(N2CCSCC2S(C)(=O)=O)c1. The third-order valence-corrected chi connectivity index (χ3v) is 5.92. The Kier molecular flexibility index (Phi) is 4.29. The largest absolute Gasteiger partial charge is 0.478 e. The van der Waals surface area contributed by atoms with Gasteiger partial charge in [-0.1, -0.05) is 6.07 Å². The highest BCUT2D eigenvalue weighted by Crippen LogP contribution is 2.30. The van der Waals surface area contributed by atoms with Gasteiger partial charge in [0.2, 0.25) is 0 Å². The van der Waals surface area contributed by atoms with Gasteiger partial charge >= 0.3 is 5.97 Å². The van der Waals surface area contributed by atoms with Crippen molar-refractivity contribution in [1.29, 1.82) is 0 Å². The summed E-state index contributed by atoms with van der Waals surface area (Å²) in [6.45, 7) is 2.40. The second-order valence-electron chi connectivity index (χ2n) is 4.88. The molecule has 1 unspecified atom stereocenters. The van der Waals surface area contributed by atoms with E-state index in [1.807, 2.05) is 6.92 Å². The number of hydrogen-bond donors (Lipinski definition) is 1. The molecule has 1 aliphatic heterocycles. The van der Waals surface area contributed by atoms with Crippen molar-refractivity contribution in [3.8, 4) is 0 Å². The number of thioether (sulfide) groups is 1. The molecule has 0 bridgehead atoms. The van der Waals surface area contributed by atoms with Crippen LogP contribution in [0.4, 0.5) is 5.69 Å². The zero-order chi connectivity index (χ0) is 14.9. The number of nitrogens with zero attached hydrogens (tertiary/aromatic N) is 1. The molecule has 1 aliphatic rings. The van der Waals surface area contributed by atoms with Gasteiger partial charge in [-0.3, -0.25) is 0 Å². The third-order valence-electron chi connectivity index (χ3n) is 3.27. The number of hydrogen-bond acceptors (Lipinski definition) is 5. The molecule has 1 heterocycles. The Labute approximate surface area is 122 Å². The molecule has 7 heteroatoms. The maximum absolute atomic E-state index is 11.9. The summed E-state index contributed by atoms with van der Waals surface area (Å²) >= 11 is 1.58. The summed E-state index contributed by atoms with van der Waals surface area (Å²) in [5, 5.41) is 8.63. The Hall–Kier alpha value is -1.21. The Balaban J connectivity index is 2.52. The van der Waals surface area contributed by atoms with E-state index >= 15 is 0 Å². The first kappa shape index (κ1) is 15.2. The minimum Gasteiger partial charge on any atom is -0.478 e. The minimum absolute atomic E-state index is 0.149. The van der Waals surface area contributed by atoms with Crippen molar-refractivity contribution < 1.29 is 18.3 Å². The molecule has 0 amide bonds. The van der Waals surface area contributed by atoms with Crippen LogP contribution in [0.15, 0.2) is 18.2 Å². The highest BCUT2D eigenvalue weighted by molar-refractivity contribution is 8.01. The lowest BCUT2D eigenvalue weighted by atomic mass is 10.1. The number of rotatable bonds is 3. The van der Waals surface area contributed by atoms with Gasteiger partial charge in [0, 0.05) is 24.3 Å². The number of benzene rings is 1. The fourth-order valence-corrected chi connectivity index (χ4v) is 5.10. The number of sulfone groups is 1. The molecule has 5 nitrogen and oxygen atoms in total. The molecule has 0 aliphatic carbocycles. The summed E-state index contributed by atoms with van der Waals surface area (Å²) in [7, 11) is -3.27. The molecule has 1 saturated heterocycles. The van der Waals surface area contributed by atoms with Gasteiger partial charge in [0.15, 0.2) is 9.84 Å². The lowest BCUT2D eigenvalue weighted by Gasteiger charge is -2.36. The molecule has 110 valence electrons. The fourth-order valence-electron chi connectivity index (χ4n) is 2.27. The molecule has 0 saturated carbocycles. The number of aromatic carboxylic acids is 1. The van der Waals surface area contributed by atoms with E-state index in [0.717, 1.165) is 11.3 Å². The van der Waals surface area contributed by atoms with Crippen LogP contribution in [0.3, 0.4) is 0 Å². The van der Waals surface area contributed by atoms with Gasteiger partial charge in [0.1, 0.15) is 5.37 Å². The first-order chi connectivity index (χ1) is 9.30. The van der Waals surface area contributed by atoms with Crippen LogP contribution in [-0.2, 0) is 9.84 Å². The second-order valence-corrected chi connectivity index (χ2v) is 8.23. The molecular formula is C13H17NO4S2. The minimum atomic E-state index is -3.27. The lowest BCUT2D eigenvalue weighted by Crippen LogP contribution is -2.47. The van der Waals surface area contributed by atoms with E-state index in [-0.39, 0.29) is 5.56 Å². The number of carboxylic acids is 1. The van der Waals surface area contributed by atoms with Crippen molar-refractivity contribution in [2.45, 2.75) is 12.3 Å². The lowest BCUT2D eigenvalue weighted by molar-refractivity contribution is 0.0697. The summed E-state index contributed by atoms with van der Waals surface area (Å²) in [5.74, 6) is 0.218. The van der Waals surface area contributed by atoms with Crippen molar-refractivity contribution >= 4 is 33.3 Å². The zero-order valence-electron chi connectivity index (χ0n) is 11.4. The summed E-state index contributed by atoms with van der Waals surface area (Å²) in [6.07, 6.45) is 1.20. The Morgan fingerprint density at radius 1 is 1.45 bits per heavy atom. The van der Waals surface area contributed by atoms with Gasteiger partial charge in [-0.05, 0) is 24.6 Å². The number of carboxylic acid groups (broad SMARTS) is 1. The normalized spacial score (nSPS) is 19.9. The Bertz CT molecular complexity index is 627. The highest BCUT2D eigenvalue weighted by Gasteiger charge is 2.33. The first-order valence-corrected chi connectivity index (χ1v) is 9.29. The maximum Gasteiger partial charge on any atom is 0.337 e. The fraction of sp³-hybridized carbons (Fsp3) is 0.462. The Morgan fingerprint density at radius 3 is 2.75 bits per heavy atom. The smallest absolute Gasteiger partial charge is 0.337 e. The second kappa shape index (κ2) is 5.65. The van der Waals surface area contributed by atoms with Crippen molar-refractivity contribution in [2.24, 2.45) is 0 Å². The van der Waals surface area contributed by atoms with E-state index in [0.29, 0.717) is 18.0 Å². The van der Waals surface area contributed by atoms with Crippen LogP contribution in [0.1, 0.15) is 15.9 Å². The van der Waals surface area contributed by atoms with Crippen LogP contribution in [-0.4, -0.2) is 49.2 Å². The van der Waals surface area contributed by atoms with Gasteiger partial charge in [0.25, 0.3) is 0 Å². The monoisotopic (exact) mass is 315 g/mol. The van der Waals surface area contributed by atoms with Crippen molar-refractivity contribution in [3.63, 3.8) is 0 Å². The molecule has 1 atom stereocenters. The predicted octanol–water partition coefficient (Wildman–Crippen LogP) is 1.62. The quantitative estimate of drug-likeness (QED) is 0.913. The van der Waals surface area contributed by atoms with Crippen LogP contribution in [0, 0.1) is 6.92 Å². The summed E-state index contributed by atoms with van der Waals surface area (Å²) in [4.78, 5) is 13.1. The van der Waals surface area contributed by atoms with Crippen molar-refractivity contribution in [1.82, 2.24) is 0 Å². The molecular weight excluding hydrogens is 298 g/mol. The number of anilines is 1. The molecule has 1 aromatic rings. The Morgan fingerprint density at radius 2 is 2.15 bits per heavy atom. The predicted molar refractivity (Wildman–Crippen MR) is 81.4 cm³/mol. The molecule has 1 aromatic carbocycles. The van der Waals surface area contributed by atoms with E-state index in [1.165, 1.54) is 12.3 Å². The van der Waals surface area contributed by atoms with Gasteiger partial charge in [-0.25, -0.2) is 13.2 Å².